The number of rotatable bonds is 9. The Morgan fingerprint density at radius 1 is 1.38 bits per heavy atom. The molecule has 1 atom stereocenters. The molecule has 144 valence electrons. The lowest BCUT2D eigenvalue weighted by Crippen LogP contribution is -2.38. The molecule has 0 radical (unpaired) electrons. The van der Waals surface area contributed by atoms with Crippen LogP contribution in [-0.2, 0) is 4.79 Å². The topological polar surface area (TPSA) is 79.7 Å². The van der Waals surface area contributed by atoms with E-state index in [1.54, 1.807) is 0 Å². The van der Waals surface area contributed by atoms with E-state index in [-0.39, 0.29) is 24.0 Å². The Morgan fingerprint density at radius 3 is 2.50 bits per heavy atom. The molecule has 1 aromatic heterocycles. The normalized spacial score (nSPS) is 15.6. The van der Waals surface area contributed by atoms with Gasteiger partial charge in [0.05, 0.1) is 11.5 Å². The minimum Gasteiger partial charge on any atom is -0.481 e. The molecule has 1 aliphatic carbocycles. The van der Waals surface area contributed by atoms with Gasteiger partial charge in [-0.15, -0.1) is 0 Å². The molecule has 6 nitrogen and oxygen atoms in total. The van der Waals surface area contributed by atoms with E-state index in [9.17, 15) is 27.2 Å². The molecule has 1 N–H and O–H groups in total. The Labute approximate surface area is 146 Å². The van der Waals surface area contributed by atoms with E-state index in [4.69, 9.17) is 5.11 Å². The van der Waals surface area contributed by atoms with Crippen LogP contribution in [0.25, 0.3) is 0 Å². The van der Waals surface area contributed by atoms with Gasteiger partial charge in [0.25, 0.3) is 5.91 Å². The molecular formula is C16H18F4N2O4. The summed E-state index contributed by atoms with van der Waals surface area (Å²) in [6.07, 6.45) is -1.23. The number of ether oxygens (including phenoxy) is 1. The smallest absolute Gasteiger partial charge is 0.340 e. The Hall–Kier alpha value is -2.39. The first-order chi connectivity index (χ1) is 12.1. The van der Waals surface area contributed by atoms with Gasteiger partial charge in [0.15, 0.2) is 6.61 Å². The Morgan fingerprint density at radius 2 is 2.04 bits per heavy atom. The van der Waals surface area contributed by atoms with Gasteiger partial charge in [0.1, 0.15) is 0 Å². The quantitative estimate of drug-likeness (QED) is 0.669. The fourth-order valence-corrected chi connectivity index (χ4v) is 2.15. The van der Waals surface area contributed by atoms with Crippen molar-refractivity contribution in [1.29, 1.82) is 0 Å². The van der Waals surface area contributed by atoms with Crippen LogP contribution in [0.2, 0.25) is 0 Å². The van der Waals surface area contributed by atoms with Crippen LogP contribution in [-0.4, -0.2) is 58.4 Å². The third-order valence-corrected chi connectivity index (χ3v) is 3.86. The maximum absolute atomic E-state index is 12.8. The highest BCUT2D eigenvalue weighted by Gasteiger charge is 2.42. The van der Waals surface area contributed by atoms with Crippen LogP contribution in [0, 0.1) is 5.92 Å². The van der Waals surface area contributed by atoms with Gasteiger partial charge in [-0.05, 0) is 18.9 Å². The van der Waals surface area contributed by atoms with Gasteiger partial charge in [-0.25, -0.2) is 13.8 Å². The Balaban J connectivity index is 2.01. The zero-order chi connectivity index (χ0) is 19.5. The first kappa shape index (κ1) is 19.9. The summed E-state index contributed by atoms with van der Waals surface area (Å²) < 4.78 is 54.3. The standard InChI is InChI=1S/C16H18F4N2O4/c1-9(14(24)25)7-22(11-3-4-11)13(23)10-2-5-12(21-6-10)26-8-16(19,20)15(17)18/h2,5-6,9,11,15H,3-4,7-8H2,1H3,(H,24,25). The predicted octanol–water partition coefficient (Wildman–Crippen LogP) is 2.69. The number of carbonyl (C=O) groups is 2. The number of amides is 1. The molecule has 1 heterocycles. The highest BCUT2D eigenvalue weighted by molar-refractivity contribution is 5.94. The van der Waals surface area contributed by atoms with Crippen LogP contribution in [0.3, 0.4) is 0 Å². The molecule has 1 amide bonds. The van der Waals surface area contributed by atoms with E-state index in [1.165, 1.54) is 17.9 Å². The van der Waals surface area contributed by atoms with Crippen LogP contribution in [0.15, 0.2) is 18.3 Å². The summed E-state index contributed by atoms with van der Waals surface area (Å²) in [5.74, 6) is -6.82. The fourth-order valence-electron chi connectivity index (χ4n) is 2.15. The number of nitrogens with zero attached hydrogens (tertiary/aromatic N) is 2. The minimum absolute atomic E-state index is 0.0371. The van der Waals surface area contributed by atoms with Crippen molar-refractivity contribution in [2.45, 2.75) is 38.2 Å². The number of aliphatic carboxylic acids is 1. The molecule has 0 saturated heterocycles. The number of carboxylic acids is 1. The summed E-state index contributed by atoms with van der Waals surface area (Å²) in [5.41, 5.74) is 0.127. The average Bonchev–Trinajstić information content (AvgIpc) is 3.42. The highest BCUT2D eigenvalue weighted by Crippen LogP contribution is 2.29. The van der Waals surface area contributed by atoms with Crippen LogP contribution in [0.1, 0.15) is 30.1 Å². The molecule has 1 fully saturated rings. The van der Waals surface area contributed by atoms with Crippen molar-refractivity contribution < 1.29 is 37.0 Å². The third kappa shape index (κ3) is 5.06. The number of hydrogen-bond acceptors (Lipinski definition) is 4. The lowest BCUT2D eigenvalue weighted by molar-refractivity contribution is -0.148. The third-order valence-electron chi connectivity index (χ3n) is 3.86. The molecule has 1 aliphatic rings. The molecule has 10 heteroatoms. The zero-order valence-corrected chi connectivity index (χ0v) is 13.9. The number of hydrogen-bond donors (Lipinski definition) is 1. The number of aromatic nitrogens is 1. The zero-order valence-electron chi connectivity index (χ0n) is 13.9. The van der Waals surface area contributed by atoms with E-state index in [0.717, 1.165) is 25.1 Å². The monoisotopic (exact) mass is 378 g/mol. The molecule has 0 aliphatic heterocycles. The maximum Gasteiger partial charge on any atom is 0.340 e. The van der Waals surface area contributed by atoms with Crippen molar-refractivity contribution in [2.24, 2.45) is 5.92 Å². The molecule has 2 rings (SSSR count). The van der Waals surface area contributed by atoms with Crippen molar-refractivity contribution in [1.82, 2.24) is 9.88 Å². The fraction of sp³-hybridized carbons (Fsp3) is 0.562. The SMILES string of the molecule is CC(CN(C(=O)c1ccc(OCC(F)(F)C(F)F)nc1)C1CC1)C(=O)O. The average molecular weight is 378 g/mol. The lowest BCUT2D eigenvalue weighted by Gasteiger charge is -2.24. The summed E-state index contributed by atoms with van der Waals surface area (Å²) in [4.78, 5) is 28.7. The molecule has 26 heavy (non-hydrogen) atoms. The number of carboxylic acid groups (broad SMARTS) is 1. The van der Waals surface area contributed by atoms with Gasteiger partial charge in [-0.1, -0.05) is 6.92 Å². The van der Waals surface area contributed by atoms with Crippen LogP contribution >= 0.6 is 0 Å². The van der Waals surface area contributed by atoms with Crippen molar-refractivity contribution in [2.75, 3.05) is 13.2 Å². The highest BCUT2D eigenvalue weighted by atomic mass is 19.3. The van der Waals surface area contributed by atoms with E-state index >= 15 is 0 Å². The Bertz CT molecular complexity index is 650. The van der Waals surface area contributed by atoms with Gasteiger partial charge in [-0.2, -0.15) is 8.78 Å². The van der Waals surface area contributed by atoms with Gasteiger partial charge in [0.2, 0.25) is 5.88 Å². The lowest BCUT2D eigenvalue weighted by atomic mass is 10.1. The second-order valence-corrected chi connectivity index (χ2v) is 6.16. The summed E-state index contributed by atoms with van der Waals surface area (Å²) in [5, 5.41) is 9.00. The van der Waals surface area contributed by atoms with Gasteiger partial charge in [0, 0.05) is 24.8 Å². The summed E-state index contributed by atoms with van der Waals surface area (Å²) in [7, 11) is 0. The molecule has 0 spiro atoms. The Kier molecular flexibility index (Phi) is 6.04. The molecule has 1 unspecified atom stereocenters. The largest absolute Gasteiger partial charge is 0.481 e. The van der Waals surface area contributed by atoms with Crippen LogP contribution in [0.4, 0.5) is 17.6 Å². The predicted molar refractivity (Wildman–Crippen MR) is 81.5 cm³/mol. The van der Waals surface area contributed by atoms with Crippen molar-refractivity contribution in [3.05, 3.63) is 23.9 Å². The van der Waals surface area contributed by atoms with Crippen molar-refractivity contribution in [3.8, 4) is 5.88 Å². The van der Waals surface area contributed by atoms with E-state index in [2.05, 4.69) is 9.72 Å². The van der Waals surface area contributed by atoms with Gasteiger partial charge >= 0.3 is 18.3 Å². The maximum atomic E-state index is 12.8. The molecule has 0 bridgehead atoms. The molecule has 1 aromatic rings. The van der Waals surface area contributed by atoms with Crippen LogP contribution < -0.4 is 4.74 Å². The second kappa shape index (κ2) is 7.88. The first-order valence-corrected chi connectivity index (χ1v) is 7.90. The second-order valence-electron chi connectivity index (χ2n) is 6.16. The summed E-state index contributed by atoms with van der Waals surface area (Å²) >= 11 is 0. The van der Waals surface area contributed by atoms with Crippen LogP contribution in [0.5, 0.6) is 5.88 Å². The molecule has 1 saturated carbocycles. The number of pyridine rings is 1. The first-order valence-electron chi connectivity index (χ1n) is 7.90. The number of halogens is 4. The summed E-state index contributed by atoms with van der Waals surface area (Å²) in [6.45, 7) is -0.00362. The summed E-state index contributed by atoms with van der Waals surface area (Å²) in [6, 6.07) is 2.36. The molecule has 0 aromatic carbocycles. The van der Waals surface area contributed by atoms with Gasteiger partial charge < -0.3 is 14.7 Å². The number of carbonyl (C=O) groups excluding carboxylic acids is 1. The van der Waals surface area contributed by atoms with Crippen molar-refractivity contribution >= 4 is 11.9 Å². The van der Waals surface area contributed by atoms with Crippen molar-refractivity contribution in [3.63, 3.8) is 0 Å². The van der Waals surface area contributed by atoms with E-state index in [1.807, 2.05) is 0 Å². The minimum atomic E-state index is -4.30. The van der Waals surface area contributed by atoms with E-state index in [0.29, 0.717) is 0 Å². The van der Waals surface area contributed by atoms with Gasteiger partial charge in [-0.3, -0.25) is 9.59 Å². The number of alkyl halides is 4. The molecular weight excluding hydrogens is 360 g/mol. The van der Waals surface area contributed by atoms with E-state index < -0.39 is 36.7 Å².